The smallest absolute Gasteiger partial charge is 0.146 e. The Balaban J connectivity index is 2.26. The molecule has 3 heteroatoms. The first-order valence-corrected chi connectivity index (χ1v) is 7.22. The minimum Gasteiger partial charge on any atom is -0.310 e. The Bertz CT molecular complexity index is 566. The molecule has 0 bridgehead atoms. The van der Waals surface area contributed by atoms with E-state index in [1.54, 1.807) is 18.2 Å². The minimum atomic E-state index is -0.327. The highest BCUT2D eigenvalue weighted by Gasteiger charge is 2.17. The summed E-state index contributed by atoms with van der Waals surface area (Å²) < 4.78 is 14.2. The van der Waals surface area contributed by atoms with Crippen molar-refractivity contribution < 1.29 is 4.39 Å². The third-order valence-corrected chi connectivity index (χ3v) is 3.66. The zero-order chi connectivity index (χ0) is 14.5. The molecular weight excluding hydrogens is 273 g/mol. The molecule has 0 amide bonds. The van der Waals surface area contributed by atoms with Gasteiger partial charge in [0.1, 0.15) is 5.82 Å². The van der Waals surface area contributed by atoms with Crippen LogP contribution in [0, 0.1) is 12.7 Å². The lowest BCUT2D eigenvalue weighted by Crippen LogP contribution is -2.24. The normalized spacial score (nSPS) is 12.4. The molecule has 20 heavy (non-hydrogen) atoms. The summed E-state index contributed by atoms with van der Waals surface area (Å²) in [6, 6.07) is 13.4. The van der Waals surface area contributed by atoms with Crippen molar-refractivity contribution in [3.8, 4) is 0 Å². The van der Waals surface area contributed by atoms with Crippen LogP contribution in [0.5, 0.6) is 0 Å². The fraction of sp³-hybridized carbons (Fsp3) is 0.294. The predicted molar refractivity (Wildman–Crippen MR) is 82.7 cm³/mol. The number of hydrogen-bond donors (Lipinski definition) is 1. The van der Waals surface area contributed by atoms with E-state index in [2.05, 4.69) is 36.5 Å². The van der Waals surface area contributed by atoms with E-state index in [1.165, 1.54) is 11.1 Å². The molecule has 0 aliphatic carbocycles. The summed E-state index contributed by atoms with van der Waals surface area (Å²) in [5.41, 5.74) is 3.03. The SMILES string of the molecule is CCNC(Cc1ccc(C)cc1)c1cccc(Cl)c1F. The first-order valence-electron chi connectivity index (χ1n) is 6.84. The molecule has 0 fully saturated rings. The van der Waals surface area contributed by atoms with Gasteiger partial charge in [0.25, 0.3) is 0 Å². The van der Waals surface area contributed by atoms with Crippen molar-refractivity contribution >= 4 is 11.6 Å². The van der Waals surface area contributed by atoms with Gasteiger partial charge in [0.05, 0.1) is 5.02 Å². The standard InChI is InChI=1S/C17H19ClFN/c1-3-20-16(11-13-9-7-12(2)8-10-13)14-5-4-6-15(18)17(14)19/h4-10,16,20H,3,11H2,1-2H3. The lowest BCUT2D eigenvalue weighted by Gasteiger charge is -2.19. The van der Waals surface area contributed by atoms with Gasteiger partial charge in [0.15, 0.2) is 0 Å². The van der Waals surface area contributed by atoms with Gasteiger partial charge in [-0.05, 0) is 31.5 Å². The minimum absolute atomic E-state index is 0.0681. The summed E-state index contributed by atoms with van der Waals surface area (Å²) in [4.78, 5) is 0. The Morgan fingerprint density at radius 2 is 1.85 bits per heavy atom. The number of nitrogens with one attached hydrogen (secondary N) is 1. The van der Waals surface area contributed by atoms with Gasteiger partial charge in [-0.3, -0.25) is 0 Å². The zero-order valence-corrected chi connectivity index (χ0v) is 12.5. The molecule has 2 aromatic rings. The Morgan fingerprint density at radius 1 is 1.15 bits per heavy atom. The van der Waals surface area contributed by atoms with E-state index in [0.29, 0.717) is 5.56 Å². The highest BCUT2D eigenvalue weighted by Crippen LogP contribution is 2.26. The fourth-order valence-electron chi connectivity index (χ4n) is 2.29. The quantitative estimate of drug-likeness (QED) is 0.843. The Hall–Kier alpha value is -1.38. The maximum Gasteiger partial charge on any atom is 0.146 e. The van der Waals surface area contributed by atoms with Crippen LogP contribution >= 0.6 is 11.6 Å². The van der Waals surface area contributed by atoms with E-state index in [1.807, 2.05) is 6.92 Å². The molecule has 2 aromatic carbocycles. The van der Waals surface area contributed by atoms with Crippen molar-refractivity contribution in [1.29, 1.82) is 0 Å². The van der Waals surface area contributed by atoms with Crippen LogP contribution in [0.4, 0.5) is 4.39 Å². The molecule has 2 rings (SSSR count). The molecule has 106 valence electrons. The molecule has 0 aliphatic rings. The van der Waals surface area contributed by atoms with Crippen LogP contribution in [0.15, 0.2) is 42.5 Å². The monoisotopic (exact) mass is 291 g/mol. The summed E-state index contributed by atoms with van der Waals surface area (Å²) in [6.45, 7) is 4.86. The third-order valence-electron chi connectivity index (χ3n) is 3.37. The van der Waals surface area contributed by atoms with E-state index < -0.39 is 0 Å². The number of hydrogen-bond acceptors (Lipinski definition) is 1. The van der Waals surface area contributed by atoms with Crippen molar-refractivity contribution in [2.45, 2.75) is 26.3 Å². The number of halogens is 2. The summed E-state index contributed by atoms with van der Waals surface area (Å²) in [7, 11) is 0. The number of aryl methyl sites for hydroxylation is 1. The summed E-state index contributed by atoms with van der Waals surface area (Å²) in [5.74, 6) is -0.327. The van der Waals surface area contributed by atoms with Crippen LogP contribution in [0.1, 0.15) is 29.7 Å². The van der Waals surface area contributed by atoms with E-state index in [-0.39, 0.29) is 16.9 Å². The van der Waals surface area contributed by atoms with E-state index >= 15 is 0 Å². The first-order chi connectivity index (χ1) is 9.61. The molecule has 0 aliphatic heterocycles. The number of rotatable bonds is 5. The van der Waals surface area contributed by atoms with Gasteiger partial charge in [-0.1, -0.05) is 60.5 Å². The summed E-state index contributed by atoms with van der Waals surface area (Å²) in [5, 5.41) is 3.51. The Kier molecular flexibility index (Phi) is 5.16. The molecule has 0 aromatic heterocycles. The van der Waals surface area contributed by atoms with Gasteiger partial charge in [-0.15, -0.1) is 0 Å². The summed E-state index contributed by atoms with van der Waals surface area (Å²) >= 11 is 5.88. The third kappa shape index (κ3) is 3.59. The fourth-order valence-corrected chi connectivity index (χ4v) is 2.47. The Labute approximate surface area is 124 Å². The largest absolute Gasteiger partial charge is 0.310 e. The van der Waals surface area contributed by atoms with Crippen LogP contribution in [-0.4, -0.2) is 6.54 Å². The molecule has 1 atom stereocenters. The average Bonchev–Trinajstić information content (AvgIpc) is 2.44. The van der Waals surface area contributed by atoms with Crippen molar-refractivity contribution in [2.75, 3.05) is 6.54 Å². The van der Waals surface area contributed by atoms with Crippen LogP contribution < -0.4 is 5.32 Å². The van der Waals surface area contributed by atoms with Gasteiger partial charge >= 0.3 is 0 Å². The van der Waals surface area contributed by atoms with Crippen LogP contribution in [-0.2, 0) is 6.42 Å². The molecule has 0 spiro atoms. The molecule has 0 radical (unpaired) electrons. The molecule has 1 N–H and O–H groups in total. The molecular formula is C17H19ClFN. The lowest BCUT2D eigenvalue weighted by molar-refractivity contribution is 0.510. The van der Waals surface area contributed by atoms with Crippen molar-refractivity contribution in [3.63, 3.8) is 0 Å². The van der Waals surface area contributed by atoms with Crippen LogP contribution in [0.3, 0.4) is 0 Å². The summed E-state index contributed by atoms with van der Waals surface area (Å²) in [6.07, 6.45) is 0.741. The van der Waals surface area contributed by atoms with Gasteiger partial charge < -0.3 is 5.32 Å². The zero-order valence-electron chi connectivity index (χ0n) is 11.8. The van der Waals surface area contributed by atoms with Gasteiger partial charge in [-0.2, -0.15) is 0 Å². The molecule has 0 saturated heterocycles. The van der Waals surface area contributed by atoms with Gasteiger partial charge in [-0.25, -0.2) is 4.39 Å². The maximum atomic E-state index is 14.2. The van der Waals surface area contributed by atoms with E-state index in [9.17, 15) is 4.39 Å². The topological polar surface area (TPSA) is 12.0 Å². The Morgan fingerprint density at radius 3 is 2.50 bits per heavy atom. The highest BCUT2D eigenvalue weighted by atomic mass is 35.5. The number of likely N-dealkylation sites (N-methyl/N-ethyl adjacent to an activating group) is 1. The second kappa shape index (κ2) is 6.87. The second-order valence-electron chi connectivity index (χ2n) is 4.94. The average molecular weight is 292 g/mol. The van der Waals surface area contributed by atoms with Crippen LogP contribution in [0.25, 0.3) is 0 Å². The molecule has 0 heterocycles. The highest BCUT2D eigenvalue weighted by molar-refractivity contribution is 6.30. The van der Waals surface area contributed by atoms with Crippen molar-refractivity contribution in [2.24, 2.45) is 0 Å². The molecule has 0 saturated carbocycles. The van der Waals surface area contributed by atoms with Gasteiger partial charge in [0, 0.05) is 11.6 Å². The molecule has 1 nitrogen and oxygen atoms in total. The molecule has 1 unspecified atom stereocenters. The maximum absolute atomic E-state index is 14.2. The number of benzene rings is 2. The first kappa shape index (κ1) is 15.0. The van der Waals surface area contributed by atoms with Gasteiger partial charge in [0.2, 0.25) is 0 Å². The van der Waals surface area contributed by atoms with Crippen molar-refractivity contribution in [1.82, 2.24) is 5.32 Å². The van der Waals surface area contributed by atoms with Crippen molar-refractivity contribution in [3.05, 3.63) is 70.0 Å². The van der Waals surface area contributed by atoms with E-state index in [4.69, 9.17) is 11.6 Å². The van der Waals surface area contributed by atoms with Crippen LogP contribution in [0.2, 0.25) is 5.02 Å². The lowest BCUT2D eigenvalue weighted by atomic mass is 9.97. The predicted octanol–water partition coefficient (Wildman–Crippen LogP) is 4.68. The van der Waals surface area contributed by atoms with E-state index in [0.717, 1.165) is 13.0 Å². The second-order valence-corrected chi connectivity index (χ2v) is 5.35.